The van der Waals surface area contributed by atoms with Gasteiger partial charge in [-0.3, -0.25) is 4.79 Å². The van der Waals surface area contributed by atoms with E-state index in [1.807, 2.05) is 0 Å². The van der Waals surface area contributed by atoms with Crippen LogP contribution in [0, 0.1) is 5.82 Å². The zero-order valence-corrected chi connectivity index (χ0v) is 13.5. The molecule has 7 heteroatoms. The summed E-state index contributed by atoms with van der Waals surface area (Å²) in [6.07, 6.45) is 1.93. The Morgan fingerprint density at radius 2 is 1.96 bits per heavy atom. The zero-order valence-electron chi connectivity index (χ0n) is 12.7. The van der Waals surface area contributed by atoms with Crippen LogP contribution in [-0.4, -0.2) is 26.1 Å². The predicted octanol–water partition coefficient (Wildman–Crippen LogP) is 2.33. The van der Waals surface area contributed by atoms with Gasteiger partial charge in [-0.2, -0.15) is 0 Å². The first-order valence-corrected chi connectivity index (χ1v) is 8.73. The minimum absolute atomic E-state index is 0.00906. The number of carbonyl (C=O) groups excluding carboxylic acids is 1. The normalized spacial score (nSPS) is 12.8. The van der Waals surface area contributed by atoms with Crippen LogP contribution < -0.4 is 5.32 Å². The van der Waals surface area contributed by atoms with Gasteiger partial charge in [0.15, 0.2) is 9.84 Å². The Bertz CT molecular complexity index is 739. The van der Waals surface area contributed by atoms with Gasteiger partial charge in [0.1, 0.15) is 11.6 Å². The Hall–Kier alpha value is -2.15. The zero-order chi connectivity index (χ0) is 16.9. The number of sulfone groups is 1. The van der Waals surface area contributed by atoms with Crippen molar-refractivity contribution >= 4 is 15.7 Å². The minimum atomic E-state index is -3.67. The first kappa shape index (κ1) is 17.2. The topological polar surface area (TPSA) is 76.4 Å². The molecular formula is C16H18FNO4S. The monoisotopic (exact) mass is 339 g/mol. The molecule has 23 heavy (non-hydrogen) atoms. The van der Waals surface area contributed by atoms with Crippen LogP contribution in [0.5, 0.6) is 0 Å². The SMILES string of the molecule is C[C@H](CC(=O)NCCc1ccco1)S(=O)(=O)c1ccc(F)cc1. The third-order valence-electron chi connectivity index (χ3n) is 3.42. The van der Waals surface area contributed by atoms with Gasteiger partial charge < -0.3 is 9.73 Å². The molecule has 124 valence electrons. The van der Waals surface area contributed by atoms with Crippen LogP contribution in [0.1, 0.15) is 19.1 Å². The molecule has 1 heterocycles. The Morgan fingerprint density at radius 1 is 1.26 bits per heavy atom. The van der Waals surface area contributed by atoms with E-state index in [1.165, 1.54) is 19.1 Å². The van der Waals surface area contributed by atoms with Crippen molar-refractivity contribution in [1.29, 1.82) is 0 Å². The van der Waals surface area contributed by atoms with Gasteiger partial charge in [-0.15, -0.1) is 0 Å². The summed E-state index contributed by atoms with van der Waals surface area (Å²) in [5, 5.41) is 1.77. The molecule has 0 spiro atoms. The van der Waals surface area contributed by atoms with E-state index in [0.717, 1.165) is 17.9 Å². The smallest absolute Gasteiger partial charge is 0.221 e. The van der Waals surface area contributed by atoms with Gasteiger partial charge in [0.2, 0.25) is 5.91 Å². The highest BCUT2D eigenvalue weighted by molar-refractivity contribution is 7.92. The Morgan fingerprint density at radius 3 is 2.57 bits per heavy atom. The van der Waals surface area contributed by atoms with Crippen LogP contribution in [0.25, 0.3) is 0 Å². The van der Waals surface area contributed by atoms with Crippen LogP contribution in [0.2, 0.25) is 0 Å². The van der Waals surface area contributed by atoms with Crippen LogP contribution in [0.3, 0.4) is 0 Å². The molecule has 0 bridgehead atoms. The van der Waals surface area contributed by atoms with Crippen molar-refractivity contribution in [2.45, 2.75) is 29.9 Å². The largest absolute Gasteiger partial charge is 0.469 e. The van der Waals surface area contributed by atoms with Crippen molar-refractivity contribution in [2.24, 2.45) is 0 Å². The van der Waals surface area contributed by atoms with E-state index in [4.69, 9.17) is 4.42 Å². The fourth-order valence-corrected chi connectivity index (χ4v) is 3.43. The second-order valence-corrected chi connectivity index (χ2v) is 7.56. The van der Waals surface area contributed by atoms with Crippen LogP contribution in [0.4, 0.5) is 4.39 Å². The maximum Gasteiger partial charge on any atom is 0.221 e. The van der Waals surface area contributed by atoms with Crippen molar-refractivity contribution in [3.05, 3.63) is 54.2 Å². The number of halogens is 1. The maximum atomic E-state index is 12.9. The number of nitrogens with one attached hydrogen (secondary N) is 1. The van der Waals surface area contributed by atoms with Gasteiger partial charge in [0.25, 0.3) is 0 Å². The van der Waals surface area contributed by atoms with Crippen molar-refractivity contribution in [3.8, 4) is 0 Å². The third-order valence-corrected chi connectivity index (χ3v) is 5.57. The number of amides is 1. The number of rotatable bonds is 7. The second-order valence-electron chi connectivity index (χ2n) is 5.19. The van der Waals surface area contributed by atoms with Crippen molar-refractivity contribution in [3.63, 3.8) is 0 Å². The molecular weight excluding hydrogens is 321 g/mol. The number of furan rings is 1. The van der Waals surface area contributed by atoms with Crippen LogP contribution in [-0.2, 0) is 21.1 Å². The lowest BCUT2D eigenvalue weighted by atomic mass is 10.3. The van der Waals surface area contributed by atoms with Crippen LogP contribution >= 0.6 is 0 Å². The molecule has 1 atom stereocenters. The number of carbonyl (C=O) groups is 1. The van der Waals surface area contributed by atoms with Gasteiger partial charge in [-0.05, 0) is 43.3 Å². The number of benzene rings is 1. The Kier molecular flexibility index (Phi) is 5.54. The molecule has 1 amide bonds. The molecule has 0 aliphatic carbocycles. The summed E-state index contributed by atoms with van der Waals surface area (Å²) in [5.41, 5.74) is 0. The molecule has 2 aromatic rings. The quantitative estimate of drug-likeness (QED) is 0.786. The Balaban J connectivity index is 1.88. The van der Waals surface area contributed by atoms with Crippen molar-refractivity contribution in [1.82, 2.24) is 5.32 Å². The van der Waals surface area contributed by atoms with Gasteiger partial charge in [0.05, 0.1) is 16.4 Å². The second kappa shape index (κ2) is 7.41. The summed E-state index contributed by atoms with van der Waals surface area (Å²) in [5.74, 6) is -0.112. The van der Waals surface area contributed by atoms with Gasteiger partial charge >= 0.3 is 0 Å². The highest BCUT2D eigenvalue weighted by atomic mass is 32.2. The van der Waals surface area contributed by atoms with E-state index in [0.29, 0.717) is 13.0 Å². The highest BCUT2D eigenvalue weighted by Gasteiger charge is 2.25. The maximum absolute atomic E-state index is 12.9. The minimum Gasteiger partial charge on any atom is -0.469 e. The molecule has 2 rings (SSSR count). The fraction of sp³-hybridized carbons (Fsp3) is 0.312. The summed E-state index contributed by atoms with van der Waals surface area (Å²) < 4.78 is 42.7. The summed E-state index contributed by atoms with van der Waals surface area (Å²) >= 11 is 0. The molecule has 5 nitrogen and oxygen atoms in total. The first-order chi connectivity index (χ1) is 10.9. The number of hydrogen-bond donors (Lipinski definition) is 1. The number of hydrogen-bond acceptors (Lipinski definition) is 4. The van der Waals surface area contributed by atoms with Crippen molar-refractivity contribution < 1.29 is 22.0 Å². The van der Waals surface area contributed by atoms with Crippen molar-refractivity contribution in [2.75, 3.05) is 6.54 Å². The summed E-state index contributed by atoms with van der Waals surface area (Å²) in [4.78, 5) is 11.9. The molecule has 0 aliphatic rings. The highest BCUT2D eigenvalue weighted by Crippen LogP contribution is 2.18. The molecule has 0 fully saturated rings. The molecule has 0 aliphatic heterocycles. The van der Waals surface area contributed by atoms with E-state index < -0.39 is 20.9 Å². The lowest BCUT2D eigenvalue weighted by molar-refractivity contribution is -0.121. The van der Waals surface area contributed by atoms with E-state index >= 15 is 0 Å². The van der Waals surface area contributed by atoms with Gasteiger partial charge in [0, 0.05) is 19.4 Å². The molecule has 1 aromatic carbocycles. The van der Waals surface area contributed by atoms with E-state index in [2.05, 4.69) is 5.32 Å². The molecule has 1 N–H and O–H groups in total. The molecule has 0 unspecified atom stereocenters. The Labute approximate surface area is 134 Å². The first-order valence-electron chi connectivity index (χ1n) is 7.18. The molecule has 0 saturated heterocycles. The average molecular weight is 339 g/mol. The third kappa shape index (κ3) is 4.66. The molecule has 0 saturated carbocycles. The molecule has 1 aromatic heterocycles. The van der Waals surface area contributed by atoms with E-state index in [9.17, 15) is 17.6 Å². The van der Waals surface area contributed by atoms with Gasteiger partial charge in [-0.1, -0.05) is 0 Å². The molecule has 0 radical (unpaired) electrons. The lowest BCUT2D eigenvalue weighted by Crippen LogP contribution is -2.31. The van der Waals surface area contributed by atoms with Crippen LogP contribution in [0.15, 0.2) is 52.0 Å². The van der Waals surface area contributed by atoms with E-state index in [-0.39, 0.29) is 17.2 Å². The predicted molar refractivity (Wildman–Crippen MR) is 83.1 cm³/mol. The fourth-order valence-electron chi connectivity index (χ4n) is 2.08. The summed E-state index contributed by atoms with van der Waals surface area (Å²) in [7, 11) is -3.67. The summed E-state index contributed by atoms with van der Waals surface area (Å²) in [6.45, 7) is 1.83. The van der Waals surface area contributed by atoms with Gasteiger partial charge in [-0.25, -0.2) is 12.8 Å². The lowest BCUT2D eigenvalue weighted by Gasteiger charge is -2.13. The summed E-state index contributed by atoms with van der Waals surface area (Å²) in [6, 6.07) is 8.14. The van der Waals surface area contributed by atoms with E-state index in [1.54, 1.807) is 18.4 Å². The standard InChI is InChI=1S/C16H18FNO4S/c1-12(23(20,21)15-6-4-13(17)5-7-15)11-16(19)18-9-8-14-3-2-10-22-14/h2-7,10,12H,8-9,11H2,1H3,(H,18,19)/t12-/m1/s1. The average Bonchev–Trinajstić information content (AvgIpc) is 3.01.